The van der Waals surface area contributed by atoms with Crippen LogP contribution in [0.25, 0.3) is 0 Å². The normalized spacial score (nSPS) is 10.0. The summed E-state index contributed by atoms with van der Waals surface area (Å²) in [5, 5.41) is 9.70. The molecule has 0 amide bonds. The Morgan fingerprint density at radius 3 is 1.89 bits per heavy atom. The van der Waals surface area contributed by atoms with E-state index in [0.717, 1.165) is 22.3 Å². The van der Waals surface area contributed by atoms with Gasteiger partial charge in [0.05, 0.1) is 0 Å². The molecule has 2 aromatic carbocycles. The van der Waals surface area contributed by atoms with Gasteiger partial charge in [-0.2, -0.15) is 0 Å². The quantitative estimate of drug-likeness (QED) is 0.357. The van der Waals surface area contributed by atoms with Crippen molar-refractivity contribution < 1.29 is 14.6 Å². The fraction of sp³-hybridized carbons (Fsp3) is 0.400. The molecule has 2 rings (SSSR count). The van der Waals surface area contributed by atoms with E-state index in [0.29, 0.717) is 11.5 Å². The van der Waals surface area contributed by atoms with Crippen molar-refractivity contribution in [2.24, 2.45) is 0 Å². The summed E-state index contributed by atoms with van der Waals surface area (Å²) in [6, 6.07) is 11.5. The van der Waals surface area contributed by atoms with E-state index < -0.39 is 0 Å². The fourth-order valence-electron chi connectivity index (χ4n) is 2.52. The van der Waals surface area contributed by atoms with E-state index in [1.54, 1.807) is 12.1 Å². The Kier molecular flexibility index (Phi) is 10.9. The minimum Gasteiger partial charge on any atom is -0.508 e. The smallest absolute Gasteiger partial charge is 0.308 e. The Morgan fingerprint density at radius 2 is 1.50 bits per heavy atom. The van der Waals surface area contributed by atoms with Crippen LogP contribution >= 0.6 is 0 Å². The molecule has 0 aromatic heterocycles. The van der Waals surface area contributed by atoms with E-state index in [1.165, 1.54) is 13.3 Å². The Morgan fingerprint density at radius 1 is 1.07 bits per heavy atom. The Bertz CT molecular complexity index is 773. The predicted octanol–water partition coefficient (Wildman–Crippen LogP) is 6.87. The molecule has 154 valence electrons. The van der Waals surface area contributed by atoms with E-state index in [1.807, 2.05) is 51.1 Å². The monoisotopic (exact) mass is 384 g/mol. The van der Waals surface area contributed by atoms with Crippen LogP contribution in [0.1, 0.15) is 70.2 Å². The molecule has 0 atom stereocenters. The Labute approximate surface area is 171 Å². The molecule has 0 saturated heterocycles. The summed E-state index contributed by atoms with van der Waals surface area (Å²) in [7, 11) is 0. The third-order valence-electron chi connectivity index (χ3n) is 4.07. The number of hydrogen-bond donors (Lipinski definition) is 1. The zero-order valence-electron chi connectivity index (χ0n) is 18.7. The number of aromatic hydroxyl groups is 1. The van der Waals surface area contributed by atoms with Crippen LogP contribution in [-0.4, -0.2) is 11.1 Å². The lowest BCUT2D eigenvalue weighted by Crippen LogP contribution is -2.19. The summed E-state index contributed by atoms with van der Waals surface area (Å²) in [6.07, 6.45) is 3.00. The van der Waals surface area contributed by atoms with E-state index in [2.05, 4.69) is 34.3 Å². The molecule has 0 aliphatic rings. The van der Waals surface area contributed by atoms with Gasteiger partial charge in [-0.1, -0.05) is 64.5 Å². The lowest BCUT2D eigenvalue weighted by atomic mass is 9.77. The van der Waals surface area contributed by atoms with Crippen molar-refractivity contribution in [1.82, 2.24) is 0 Å². The van der Waals surface area contributed by atoms with Gasteiger partial charge in [0.25, 0.3) is 0 Å². The SMILES string of the molecule is C=CC.CC(=O)Oc1ccc(C(C)(C)c2ccc(O)c(C)c2)cc1C.CCC. The summed E-state index contributed by atoms with van der Waals surface area (Å²) >= 11 is 0. The number of carbonyl (C=O) groups is 1. The van der Waals surface area contributed by atoms with E-state index in [9.17, 15) is 9.90 Å². The van der Waals surface area contributed by atoms with Gasteiger partial charge in [-0.3, -0.25) is 4.79 Å². The maximum Gasteiger partial charge on any atom is 0.308 e. The third-order valence-corrected chi connectivity index (χ3v) is 4.07. The van der Waals surface area contributed by atoms with E-state index >= 15 is 0 Å². The molecule has 0 bridgehead atoms. The number of allylic oxidation sites excluding steroid dienone is 1. The Hall–Kier alpha value is -2.55. The molecular formula is C25H36O3. The molecule has 0 fully saturated rings. The summed E-state index contributed by atoms with van der Waals surface area (Å²) in [5.41, 5.74) is 3.83. The molecule has 0 aliphatic heterocycles. The molecule has 0 radical (unpaired) electrons. The lowest BCUT2D eigenvalue weighted by molar-refractivity contribution is -0.131. The van der Waals surface area contributed by atoms with Gasteiger partial charge in [-0.15, -0.1) is 6.58 Å². The first-order valence-electron chi connectivity index (χ1n) is 9.71. The van der Waals surface area contributed by atoms with Crippen LogP contribution < -0.4 is 4.74 Å². The third kappa shape index (κ3) is 7.59. The molecule has 2 aromatic rings. The van der Waals surface area contributed by atoms with Crippen LogP contribution in [0.5, 0.6) is 11.5 Å². The summed E-state index contributed by atoms with van der Waals surface area (Å²) < 4.78 is 5.18. The minimum atomic E-state index is -0.315. The average Bonchev–Trinajstić information content (AvgIpc) is 2.60. The highest BCUT2D eigenvalue weighted by Gasteiger charge is 2.24. The van der Waals surface area contributed by atoms with Gasteiger partial charge in [-0.05, 0) is 55.2 Å². The molecule has 0 unspecified atom stereocenters. The molecule has 3 nitrogen and oxygen atoms in total. The predicted molar refractivity (Wildman–Crippen MR) is 119 cm³/mol. The van der Waals surface area contributed by atoms with Gasteiger partial charge in [0.1, 0.15) is 11.5 Å². The fourth-order valence-corrected chi connectivity index (χ4v) is 2.52. The molecule has 3 heteroatoms. The van der Waals surface area contributed by atoms with Gasteiger partial charge in [0.15, 0.2) is 0 Å². The van der Waals surface area contributed by atoms with Crippen molar-refractivity contribution in [3.63, 3.8) is 0 Å². The number of benzene rings is 2. The minimum absolute atomic E-state index is 0.210. The molecule has 0 heterocycles. The number of carbonyl (C=O) groups excluding carboxylic acids is 1. The second-order valence-corrected chi connectivity index (χ2v) is 7.32. The summed E-state index contributed by atoms with van der Waals surface area (Å²) in [6.45, 7) is 19.0. The second kappa shape index (κ2) is 12.0. The lowest BCUT2D eigenvalue weighted by Gasteiger charge is -2.27. The van der Waals surface area contributed by atoms with Crippen LogP contribution in [0.4, 0.5) is 0 Å². The molecule has 1 N–H and O–H groups in total. The summed E-state index contributed by atoms with van der Waals surface area (Å²) in [4.78, 5) is 11.1. The van der Waals surface area contributed by atoms with Gasteiger partial charge >= 0.3 is 5.97 Å². The first-order chi connectivity index (χ1) is 13.0. The van der Waals surface area contributed by atoms with E-state index in [4.69, 9.17) is 4.74 Å². The van der Waals surface area contributed by atoms with Crippen LogP contribution in [0.15, 0.2) is 49.1 Å². The van der Waals surface area contributed by atoms with Gasteiger partial charge < -0.3 is 9.84 Å². The number of aryl methyl sites for hydroxylation is 2. The van der Waals surface area contributed by atoms with Crippen LogP contribution in [0.3, 0.4) is 0 Å². The molecule has 0 spiro atoms. The summed E-state index contributed by atoms with van der Waals surface area (Å²) in [5.74, 6) is 0.583. The number of esters is 1. The standard InChI is InChI=1S/C19H22O3.C3H8.C3H6/c1-12-10-15(6-8-17(12)21)19(4,5)16-7-9-18(13(2)11-16)22-14(3)20;2*1-3-2/h6-11,21H,1-5H3;3H2,1-2H3;3H,1H2,2H3. The number of rotatable bonds is 3. The van der Waals surface area contributed by atoms with Crippen molar-refractivity contribution in [2.45, 2.75) is 67.2 Å². The maximum absolute atomic E-state index is 11.1. The average molecular weight is 385 g/mol. The van der Waals surface area contributed by atoms with Gasteiger partial charge in [0, 0.05) is 12.3 Å². The van der Waals surface area contributed by atoms with Crippen molar-refractivity contribution in [3.05, 3.63) is 71.3 Å². The molecule has 0 aliphatic carbocycles. The van der Waals surface area contributed by atoms with Gasteiger partial charge in [-0.25, -0.2) is 0 Å². The topological polar surface area (TPSA) is 46.5 Å². The largest absolute Gasteiger partial charge is 0.508 e. The van der Waals surface area contributed by atoms with Crippen LogP contribution in [0, 0.1) is 13.8 Å². The number of ether oxygens (including phenoxy) is 1. The first kappa shape index (κ1) is 25.4. The first-order valence-corrected chi connectivity index (χ1v) is 9.71. The van der Waals surface area contributed by atoms with Gasteiger partial charge in [0.2, 0.25) is 0 Å². The van der Waals surface area contributed by atoms with Crippen molar-refractivity contribution >= 4 is 5.97 Å². The second-order valence-electron chi connectivity index (χ2n) is 7.32. The van der Waals surface area contributed by atoms with Crippen LogP contribution in [-0.2, 0) is 10.2 Å². The van der Waals surface area contributed by atoms with Crippen LogP contribution in [0.2, 0.25) is 0 Å². The van der Waals surface area contributed by atoms with Crippen molar-refractivity contribution in [3.8, 4) is 11.5 Å². The highest BCUT2D eigenvalue weighted by atomic mass is 16.5. The van der Waals surface area contributed by atoms with Crippen molar-refractivity contribution in [1.29, 1.82) is 0 Å². The van der Waals surface area contributed by atoms with E-state index in [-0.39, 0.29) is 11.4 Å². The molecular weight excluding hydrogens is 348 g/mol. The Balaban J connectivity index is 0.00000108. The highest BCUT2D eigenvalue weighted by molar-refractivity contribution is 5.69. The molecule has 0 saturated carbocycles. The zero-order chi connectivity index (χ0) is 21.9. The van der Waals surface area contributed by atoms with Crippen molar-refractivity contribution in [2.75, 3.05) is 0 Å². The maximum atomic E-state index is 11.1. The number of phenols is 1. The highest BCUT2D eigenvalue weighted by Crippen LogP contribution is 2.35. The number of phenolic OH excluding ortho intramolecular Hbond substituents is 1. The molecule has 28 heavy (non-hydrogen) atoms. The number of hydrogen-bond acceptors (Lipinski definition) is 3. The zero-order valence-corrected chi connectivity index (χ0v) is 18.7.